The van der Waals surface area contributed by atoms with Gasteiger partial charge in [0.1, 0.15) is 11.9 Å². The SMILES string of the molecule is O=C(O)c1ccc2c(c1)NC(=O)[C@H](CS(=O)(=O)Cc1ccc(F)cc1)N2. The molecule has 1 heterocycles. The summed E-state index contributed by atoms with van der Waals surface area (Å²) in [5.41, 5.74) is 1.15. The number of carboxylic acids is 1. The van der Waals surface area contributed by atoms with Crippen molar-refractivity contribution in [3.63, 3.8) is 0 Å². The number of anilines is 2. The van der Waals surface area contributed by atoms with Crippen molar-refractivity contribution in [3.8, 4) is 0 Å². The molecule has 3 rings (SSSR count). The van der Waals surface area contributed by atoms with Crippen LogP contribution in [0.4, 0.5) is 15.8 Å². The van der Waals surface area contributed by atoms with E-state index in [0.717, 1.165) is 0 Å². The van der Waals surface area contributed by atoms with Crippen LogP contribution in [0.5, 0.6) is 0 Å². The van der Waals surface area contributed by atoms with Crippen LogP contribution in [0.25, 0.3) is 0 Å². The van der Waals surface area contributed by atoms with Gasteiger partial charge in [0.05, 0.1) is 28.4 Å². The molecule has 0 aliphatic carbocycles. The maximum atomic E-state index is 12.9. The first kappa shape index (κ1) is 17.9. The zero-order valence-electron chi connectivity index (χ0n) is 13.4. The van der Waals surface area contributed by atoms with E-state index < -0.39 is 39.3 Å². The number of benzene rings is 2. The third-order valence-corrected chi connectivity index (χ3v) is 5.51. The van der Waals surface area contributed by atoms with Crippen LogP contribution in [0.2, 0.25) is 0 Å². The lowest BCUT2D eigenvalue weighted by atomic mass is 10.1. The Morgan fingerprint density at radius 3 is 2.46 bits per heavy atom. The molecule has 0 bridgehead atoms. The number of carbonyl (C=O) groups is 2. The normalized spacial score (nSPS) is 16.3. The summed E-state index contributed by atoms with van der Waals surface area (Å²) in [5.74, 6) is -2.93. The minimum absolute atomic E-state index is 0.00762. The van der Waals surface area contributed by atoms with Gasteiger partial charge in [-0.15, -0.1) is 0 Å². The fraction of sp³-hybridized carbons (Fsp3) is 0.176. The first-order chi connectivity index (χ1) is 12.2. The molecule has 1 aliphatic heterocycles. The molecule has 0 aromatic heterocycles. The molecule has 9 heteroatoms. The summed E-state index contributed by atoms with van der Waals surface area (Å²) in [6.45, 7) is 0. The van der Waals surface area contributed by atoms with Crippen LogP contribution in [-0.2, 0) is 20.4 Å². The third-order valence-electron chi connectivity index (χ3n) is 3.89. The molecule has 7 nitrogen and oxygen atoms in total. The zero-order chi connectivity index (χ0) is 18.9. The summed E-state index contributed by atoms with van der Waals surface area (Å²) >= 11 is 0. The van der Waals surface area contributed by atoms with Gasteiger partial charge in [-0.1, -0.05) is 12.1 Å². The number of carbonyl (C=O) groups excluding carboxylic acids is 1. The number of hydrogen-bond donors (Lipinski definition) is 3. The first-order valence-corrected chi connectivity index (χ1v) is 9.45. The molecule has 2 aromatic carbocycles. The van der Waals surface area contributed by atoms with Gasteiger partial charge in [0.25, 0.3) is 0 Å². The second-order valence-corrected chi connectivity index (χ2v) is 8.04. The number of hydrogen-bond acceptors (Lipinski definition) is 5. The highest BCUT2D eigenvalue weighted by Gasteiger charge is 2.30. The van der Waals surface area contributed by atoms with Crippen LogP contribution in [0.1, 0.15) is 15.9 Å². The Labute approximate surface area is 148 Å². The first-order valence-electron chi connectivity index (χ1n) is 7.63. The number of amides is 1. The monoisotopic (exact) mass is 378 g/mol. The summed E-state index contributed by atoms with van der Waals surface area (Å²) in [6.07, 6.45) is 0. The zero-order valence-corrected chi connectivity index (χ0v) is 14.2. The molecule has 0 radical (unpaired) electrons. The molecule has 136 valence electrons. The molecule has 2 aromatic rings. The molecule has 0 spiro atoms. The van der Waals surface area contributed by atoms with Gasteiger partial charge in [0, 0.05) is 0 Å². The van der Waals surface area contributed by atoms with E-state index in [2.05, 4.69) is 10.6 Å². The molecular formula is C17H15FN2O5S. The van der Waals surface area contributed by atoms with E-state index >= 15 is 0 Å². The van der Waals surface area contributed by atoms with E-state index in [1.54, 1.807) is 0 Å². The predicted molar refractivity (Wildman–Crippen MR) is 93.3 cm³/mol. The molecule has 3 N–H and O–H groups in total. The Morgan fingerprint density at radius 2 is 1.81 bits per heavy atom. The van der Waals surface area contributed by atoms with Crippen LogP contribution >= 0.6 is 0 Å². The van der Waals surface area contributed by atoms with E-state index in [0.29, 0.717) is 11.3 Å². The summed E-state index contributed by atoms with van der Waals surface area (Å²) in [7, 11) is -3.64. The number of nitrogens with one attached hydrogen (secondary N) is 2. The van der Waals surface area contributed by atoms with Crippen molar-refractivity contribution in [2.45, 2.75) is 11.8 Å². The Morgan fingerprint density at radius 1 is 1.12 bits per heavy atom. The quantitative estimate of drug-likeness (QED) is 0.732. The maximum Gasteiger partial charge on any atom is 0.335 e. The fourth-order valence-corrected chi connectivity index (χ4v) is 4.21. The number of halogens is 1. The topological polar surface area (TPSA) is 113 Å². The van der Waals surface area contributed by atoms with Crippen molar-refractivity contribution in [1.82, 2.24) is 0 Å². The van der Waals surface area contributed by atoms with Crippen molar-refractivity contribution >= 4 is 33.1 Å². The maximum absolute atomic E-state index is 12.9. The lowest BCUT2D eigenvalue weighted by Gasteiger charge is -2.26. The van der Waals surface area contributed by atoms with Gasteiger partial charge in [-0.05, 0) is 35.9 Å². The van der Waals surface area contributed by atoms with Gasteiger partial charge in [-0.25, -0.2) is 17.6 Å². The number of carboxylic acid groups (broad SMARTS) is 1. The van der Waals surface area contributed by atoms with Gasteiger partial charge in [0.15, 0.2) is 9.84 Å². The van der Waals surface area contributed by atoms with Crippen LogP contribution in [0.3, 0.4) is 0 Å². The summed E-state index contributed by atoms with van der Waals surface area (Å²) < 4.78 is 37.6. The second kappa shape index (κ2) is 6.75. The highest BCUT2D eigenvalue weighted by molar-refractivity contribution is 7.90. The van der Waals surface area contributed by atoms with Crippen molar-refractivity contribution in [3.05, 3.63) is 59.4 Å². The van der Waals surface area contributed by atoms with Gasteiger partial charge in [-0.2, -0.15) is 0 Å². The van der Waals surface area contributed by atoms with Crippen molar-refractivity contribution in [2.24, 2.45) is 0 Å². The molecule has 0 unspecified atom stereocenters. The molecule has 1 aliphatic rings. The van der Waals surface area contributed by atoms with Gasteiger partial charge >= 0.3 is 5.97 Å². The van der Waals surface area contributed by atoms with Crippen molar-refractivity contribution in [2.75, 3.05) is 16.4 Å². The van der Waals surface area contributed by atoms with Crippen LogP contribution in [-0.4, -0.2) is 37.2 Å². The Balaban J connectivity index is 1.74. The van der Waals surface area contributed by atoms with E-state index in [4.69, 9.17) is 5.11 Å². The van der Waals surface area contributed by atoms with Crippen LogP contribution in [0.15, 0.2) is 42.5 Å². The minimum Gasteiger partial charge on any atom is -0.478 e. The summed E-state index contributed by atoms with van der Waals surface area (Å²) in [5, 5.41) is 14.3. The van der Waals surface area contributed by atoms with Gasteiger partial charge in [-0.3, -0.25) is 4.79 Å². The molecule has 0 saturated heterocycles. The number of fused-ring (bicyclic) bond motifs is 1. The average molecular weight is 378 g/mol. The summed E-state index contributed by atoms with van der Waals surface area (Å²) in [6, 6.07) is 8.22. The van der Waals surface area contributed by atoms with E-state index in [1.165, 1.54) is 42.5 Å². The Bertz CT molecular complexity index is 973. The highest BCUT2D eigenvalue weighted by Crippen LogP contribution is 2.28. The van der Waals surface area contributed by atoms with Gasteiger partial charge < -0.3 is 15.7 Å². The number of sulfone groups is 1. The lowest BCUT2D eigenvalue weighted by Crippen LogP contribution is -2.43. The number of rotatable bonds is 5. The van der Waals surface area contributed by atoms with Gasteiger partial charge in [0.2, 0.25) is 5.91 Å². The van der Waals surface area contributed by atoms with Crippen LogP contribution < -0.4 is 10.6 Å². The van der Waals surface area contributed by atoms with E-state index in [-0.39, 0.29) is 17.0 Å². The molecular weight excluding hydrogens is 363 g/mol. The summed E-state index contributed by atoms with van der Waals surface area (Å²) in [4.78, 5) is 23.2. The fourth-order valence-electron chi connectivity index (χ4n) is 2.64. The van der Waals surface area contributed by atoms with Crippen molar-refractivity contribution < 1.29 is 27.5 Å². The van der Waals surface area contributed by atoms with E-state index in [1.807, 2.05) is 0 Å². The molecule has 0 saturated carbocycles. The predicted octanol–water partition coefficient (Wildman–Crippen LogP) is 1.87. The molecule has 1 amide bonds. The highest BCUT2D eigenvalue weighted by atomic mass is 32.2. The molecule has 0 fully saturated rings. The van der Waals surface area contributed by atoms with Crippen LogP contribution in [0, 0.1) is 5.82 Å². The van der Waals surface area contributed by atoms with Crippen molar-refractivity contribution in [1.29, 1.82) is 0 Å². The van der Waals surface area contributed by atoms with E-state index in [9.17, 15) is 22.4 Å². The second-order valence-electron chi connectivity index (χ2n) is 5.93. The largest absolute Gasteiger partial charge is 0.478 e. The smallest absolute Gasteiger partial charge is 0.335 e. The molecule has 26 heavy (non-hydrogen) atoms. The Hall–Kier alpha value is -2.94. The number of aromatic carboxylic acids is 1. The minimum atomic E-state index is -3.64. The third kappa shape index (κ3) is 3.99. The lowest BCUT2D eigenvalue weighted by molar-refractivity contribution is -0.116. The average Bonchev–Trinajstić information content (AvgIpc) is 2.56. The molecule has 1 atom stereocenters. The Kier molecular flexibility index (Phi) is 4.64. The standard InChI is InChI=1S/C17H15FN2O5S/c18-12-4-1-10(2-5-12)8-26(24,25)9-15-16(21)20-14-7-11(17(22)23)3-6-13(14)19-15/h1-7,15,19H,8-9H2,(H,20,21)(H,22,23)/t15-/m0/s1.